The Balaban J connectivity index is 2.47. The summed E-state index contributed by atoms with van der Waals surface area (Å²) >= 11 is 0. The summed E-state index contributed by atoms with van der Waals surface area (Å²) in [4.78, 5) is 13.5. The summed E-state index contributed by atoms with van der Waals surface area (Å²) in [6, 6.07) is 0. The van der Waals surface area contributed by atoms with E-state index in [1.807, 2.05) is 20.9 Å². The second kappa shape index (κ2) is 4.84. The van der Waals surface area contributed by atoms with Crippen LogP contribution in [0.2, 0.25) is 0 Å². The highest BCUT2D eigenvalue weighted by Crippen LogP contribution is 2.30. The molecule has 0 saturated heterocycles. The average molecular weight is 227 g/mol. The number of carbonyl (C=O) groups is 1. The van der Waals surface area contributed by atoms with Crippen molar-refractivity contribution in [3.63, 3.8) is 0 Å². The van der Waals surface area contributed by atoms with Crippen LogP contribution in [0.15, 0.2) is 0 Å². The van der Waals surface area contributed by atoms with Crippen molar-refractivity contribution in [1.29, 1.82) is 0 Å². The number of carbonyl (C=O) groups excluding carboxylic acids is 1. The molecule has 3 heteroatoms. The fourth-order valence-electron chi connectivity index (χ4n) is 2.54. The van der Waals surface area contributed by atoms with Crippen molar-refractivity contribution in [2.24, 2.45) is 5.41 Å². The van der Waals surface area contributed by atoms with E-state index in [0.29, 0.717) is 13.1 Å². The lowest BCUT2D eigenvalue weighted by molar-refractivity contribution is -0.126. The van der Waals surface area contributed by atoms with Crippen LogP contribution in [-0.4, -0.2) is 41.5 Å². The Hall–Kier alpha value is -0.410. The molecule has 0 spiro atoms. The van der Waals surface area contributed by atoms with Crippen LogP contribution in [0.3, 0.4) is 0 Å². The molecule has 0 bridgehead atoms. The number of nitrogens with zero attached hydrogens (tertiary/aromatic N) is 1. The molecule has 1 rings (SSSR count). The van der Waals surface area contributed by atoms with Gasteiger partial charge in [-0.15, -0.1) is 0 Å². The molecular weight excluding hydrogens is 202 g/mol. The Morgan fingerprint density at radius 3 is 2.31 bits per heavy atom. The van der Waals surface area contributed by atoms with Crippen LogP contribution < -0.4 is 0 Å². The Bertz CT molecular complexity index is 255. The summed E-state index contributed by atoms with van der Waals surface area (Å²) in [6.45, 7) is 6.96. The molecule has 1 fully saturated rings. The maximum absolute atomic E-state index is 11.4. The van der Waals surface area contributed by atoms with E-state index >= 15 is 0 Å². The van der Waals surface area contributed by atoms with Gasteiger partial charge in [0.05, 0.1) is 5.60 Å². The largest absolute Gasteiger partial charge is 0.389 e. The Morgan fingerprint density at radius 2 is 1.88 bits per heavy atom. The molecular formula is C13H25NO2. The quantitative estimate of drug-likeness (QED) is 0.779. The van der Waals surface area contributed by atoms with E-state index in [1.165, 1.54) is 0 Å². The van der Waals surface area contributed by atoms with Crippen LogP contribution in [0, 0.1) is 5.41 Å². The van der Waals surface area contributed by atoms with E-state index < -0.39 is 5.60 Å². The SMILES string of the molecule is CC(=O)C(C)(C)CN(C)CC1(O)CCCC1. The summed E-state index contributed by atoms with van der Waals surface area (Å²) < 4.78 is 0. The molecule has 0 radical (unpaired) electrons. The van der Waals surface area contributed by atoms with E-state index in [0.717, 1.165) is 25.7 Å². The normalized spacial score (nSPS) is 20.4. The van der Waals surface area contributed by atoms with Crippen molar-refractivity contribution < 1.29 is 9.90 Å². The Morgan fingerprint density at radius 1 is 1.38 bits per heavy atom. The number of hydrogen-bond donors (Lipinski definition) is 1. The molecule has 0 amide bonds. The van der Waals surface area contributed by atoms with Gasteiger partial charge in [-0.2, -0.15) is 0 Å². The van der Waals surface area contributed by atoms with Gasteiger partial charge in [0.1, 0.15) is 5.78 Å². The molecule has 0 aromatic heterocycles. The fraction of sp³-hybridized carbons (Fsp3) is 0.923. The zero-order chi connectivity index (χ0) is 12.4. The molecule has 0 aliphatic heterocycles. The molecule has 0 heterocycles. The maximum atomic E-state index is 11.4. The molecule has 1 aliphatic rings. The first-order chi connectivity index (χ1) is 7.25. The third kappa shape index (κ3) is 3.56. The van der Waals surface area contributed by atoms with Gasteiger partial charge in [0.2, 0.25) is 0 Å². The second-order valence-corrected chi connectivity index (χ2v) is 6.04. The number of Topliss-reactive ketones (excluding diaryl/α,β-unsaturated/α-hetero) is 1. The van der Waals surface area contributed by atoms with Gasteiger partial charge in [-0.3, -0.25) is 4.79 Å². The minimum Gasteiger partial charge on any atom is -0.389 e. The second-order valence-electron chi connectivity index (χ2n) is 6.04. The smallest absolute Gasteiger partial charge is 0.136 e. The van der Waals surface area contributed by atoms with Crippen molar-refractivity contribution in [3.05, 3.63) is 0 Å². The third-order valence-electron chi connectivity index (χ3n) is 3.72. The van der Waals surface area contributed by atoms with Crippen molar-refractivity contribution in [2.75, 3.05) is 20.1 Å². The summed E-state index contributed by atoms with van der Waals surface area (Å²) in [5, 5.41) is 10.3. The fourth-order valence-corrected chi connectivity index (χ4v) is 2.54. The van der Waals surface area contributed by atoms with Crippen LogP contribution >= 0.6 is 0 Å². The van der Waals surface area contributed by atoms with E-state index in [-0.39, 0.29) is 11.2 Å². The molecule has 0 unspecified atom stereocenters. The van der Waals surface area contributed by atoms with Gasteiger partial charge >= 0.3 is 0 Å². The summed E-state index contributed by atoms with van der Waals surface area (Å²) in [6.07, 6.45) is 4.05. The van der Waals surface area contributed by atoms with Crippen molar-refractivity contribution in [3.8, 4) is 0 Å². The predicted molar refractivity (Wildman–Crippen MR) is 65.4 cm³/mol. The standard InChI is InChI=1S/C13H25NO2/c1-11(15)12(2,3)9-14(4)10-13(16)7-5-6-8-13/h16H,5-10H2,1-4H3. The first-order valence-electron chi connectivity index (χ1n) is 6.17. The highest BCUT2D eigenvalue weighted by Gasteiger charge is 2.34. The van der Waals surface area contributed by atoms with Gasteiger partial charge in [-0.25, -0.2) is 0 Å². The van der Waals surface area contributed by atoms with Crippen LogP contribution in [0.25, 0.3) is 0 Å². The molecule has 1 saturated carbocycles. The summed E-state index contributed by atoms with van der Waals surface area (Å²) in [5.74, 6) is 0.206. The van der Waals surface area contributed by atoms with Gasteiger partial charge in [0.25, 0.3) is 0 Å². The van der Waals surface area contributed by atoms with Crippen molar-refractivity contribution in [1.82, 2.24) is 4.90 Å². The molecule has 1 N–H and O–H groups in total. The van der Waals surface area contributed by atoms with Gasteiger partial charge in [-0.1, -0.05) is 26.7 Å². The number of hydrogen-bond acceptors (Lipinski definition) is 3. The monoisotopic (exact) mass is 227 g/mol. The topological polar surface area (TPSA) is 40.5 Å². The molecule has 0 aromatic rings. The lowest BCUT2D eigenvalue weighted by Crippen LogP contribution is -2.44. The number of aliphatic hydroxyl groups is 1. The average Bonchev–Trinajstić information content (AvgIpc) is 2.49. The third-order valence-corrected chi connectivity index (χ3v) is 3.72. The van der Waals surface area contributed by atoms with E-state index in [1.54, 1.807) is 6.92 Å². The maximum Gasteiger partial charge on any atom is 0.136 e. The Labute approximate surface area is 98.8 Å². The highest BCUT2D eigenvalue weighted by molar-refractivity contribution is 5.81. The zero-order valence-electron chi connectivity index (χ0n) is 11.0. The first-order valence-corrected chi connectivity index (χ1v) is 6.17. The highest BCUT2D eigenvalue weighted by atomic mass is 16.3. The van der Waals surface area contributed by atoms with E-state index in [2.05, 4.69) is 4.90 Å². The molecule has 0 aromatic carbocycles. The minimum atomic E-state index is -0.512. The van der Waals surface area contributed by atoms with Crippen LogP contribution in [-0.2, 0) is 4.79 Å². The summed E-state index contributed by atoms with van der Waals surface area (Å²) in [5.41, 5.74) is -0.828. The number of likely N-dealkylation sites (N-methyl/N-ethyl adjacent to an activating group) is 1. The van der Waals surface area contributed by atoms with Gasteiger partial charge in [0, 0.05) is 18.5 Å². The van der Waals surface area contributed by atoms with E-state index in [4.69, 9.17) is 0 Å². The van der Waals surface area contributed by atoms with Crippen LogP contribution in [0.4, 0.5) is 0 Å². The lowest BCUT2D eigenvalue weighted by Gasteiger charge is -2.33. The van der Waals surface area contributed by atoms with Crippen LogP contribution in [0.5, 0.6) is 0 Å². The molecule has 3 nitrogen and oxygen atoms in total. The first kappa shape index (κ1) is 13.7. The molecule has 1 aliphatic carbocycles. The van der Waals surface area contributed by atoms with Crippen LogP contribution in [0.1, 0.15) is 46.5 Å². The molecule has 0 atom stereocenters. The number of ketones is 1. The zero-order valence-corrected chi connectivity index (χ0v) is 11.0. The van der Waals surface area contributed by atoms with Crippen molar-refractivity contribution >= 4 is 5.78 Å². The Kier molecular flexibility index (Phi) is 4.13. The van der Waals surface area contributed by atoms with Gasteiger partial charge in [0.15, 0.2) is 0 Å². The van der Waals surface area contributed by atoms with Gasteiger partial charge in [-0.05, 0) is 26.8 Å². The molecule has 94 valence electrons. The minimum absolute atomic E-state index is 0.206. The van der Waals surface area contributed by atoms with Crippen molar-refractivity contribution in [2.45, 2.75) is 52.1 Å². The predicted octanol–water partition coefficient (Wildman–Crippen LogP) is 1.84. The van der Waals surface area contributed by atoms with Gasteiger partial charge < -0.3 is 10.0 Å². The number of rotatable bonds is 5. The summed E-state index contributed by atoms with van der Waals surface area (Å²) in [7, 11) is 1.99. The molecule has 16 heavy (non-hydrogen) atoms. The lowest BCUT2D eigenvalue weighted by atomic mass is 9.88. The van der Waals surface area contributed by atoms with E-state index in [9.17, 15) is 9.90 Å².